The molecule has 1 fully saturated rings. The zero-order valence-corrected chi connectivity index (χ0v) is 18.9. The van der Waals surface area contributed by atoms with Gasteiger partial charge in [0, 0.05) is 19.2 Å². The van der Waals surface area contributed by atoms with E-state index in [1.165, 1.54) is 19.2 Å². The number of carbonyl (C=O) groups excluding carboxylic acids is 2. The number of amides is 2. The largest absolute Gasteiger partial charge is 0.487 e. The smallest absolute Gasteiger partial charge is 0.293 e. The number of nitrogens with zero attached hydrogens (tertiary/aromatic N) is 2. The predicted octanol–water partition coefficient (Wildman–Crippen LogP) is 5.21. The average Bonchev–Trinajstić information content (AvgIpc) is 2.88. The molecule has 0 aromatic heterocycles. The van der Waals surface area contributed by atoms with Crippen molar-refractivity contribution in [2.45, 2.75) is 6.61 Å². The number of imide groups is 1. The molecule has 1 saturated heterocycles. The fraction of sp³-hybridized carbons (Fsp3) is 0.111. The first kappa shape index (κ1) is 20.8. The normalized spacial score (nSPS) is 15.4. The van der Waals surface area contributed by atoms with Crippen molar-refractivity contribution in [3.63, 3.8) is 0 Å². The SMILES string of the molecule is CN1C(=O)S/C(=C\c2cc(Br)c(OCc3cccc([N+](=O)[O-])c3)c(I)c2)C1=O. The lowest BCUT2D eigenvalue weighted by Gasteiger charge is -2.11. The van der Waals surface area contributed by atoms with E-state index in [9.17, 15) is 19.7 Å². The molecule has 2 aromatic carbocycles. The third-order valence-electron chi connectivity index (χ3n) is 3.81. The topological polar surface area (TPSA) is 89.8 Å². The van der Waals surface area contributed by atoms with E-state index in [1.807, 2.05) is 6.07 Å². The number of thioether (sulfide) groups is 1. The van der Waals surface area contributed by atoms with E-state index >= 15 is 0 Å². The van der Waals surface area contributed by atoms with Gasteiger partial charge in [0.1, 0.15) is 12.4 Å². The van der Waals surface area contributed by atoms with E-state index in [4.69, 9.17) is 4.74 Å². The van der Waals surface area contributed by atoms with Gasteiger partial charge in [-0.3, -0.25) is 24.6 Å². The number of nitro groups is 1. The van der Waals surface area contributed by atoms with Gasteiger partial charge < -0.3 is 4.74 Å². The van der Waals surface area contributed by atoms with Crippen LogP contribution in [0.3, 0.4) is 0 Å². The van der Waals surface area contributed by atoms with Gasteiger partial charge in [0.2, 0.25) is 0 Å². The molecule has 1 aliphatic heterocycles. The number of rotatable bonds is 5. The van der Waals surface area contributed by atoms with Crippen LogP contribution in [0.5, 0.6) is 5.75 Å². The van der Waals surface area contributed by atoms with Crippen molar-refractivity contribution in [2.24, 2.45) is 0 Å². The Kier molecular flexibility index (Phi) is 6.40. The molecule has 0 atom stereocenters. The average molecular weight is 575 g/mol. The summed E-state index contributed by atoms with van der Waals surface area (Å²) in [7, 11) is 1.45. The van der Waals surface area contributed by atoms with Crippen molar-refractivity contribution in [3.05, 3.63) is 70.6 Å². The minimum absolute atomic E-state index is 0.00933. The molecule has 0 unspecified atom stereocenters. The Morgan fingerprint density at radius 2 is 2.07 bits per heavy atom. The molecule has 28 heavy (non-hydrogen) atoms. The molecule has 1 heterocycles. The molecular weight excluding hydrogens is 563 g/mol. The molecule has 0 aliphatic carbocycles. The lowest BCUT2D eigenvalue weighted by Crippen LogP contribution is -2.22. The Labute approximate surface area is 186 Å². The van der Waals surface area contributed by atoms with E-state index in [2.05, 4.69) is 38.5 Å². The number of hydrogen-bond donors (Lipinski definition) is 0. The highest BCUT2D eigenvalue weighted by atomic mass is 127. The van der Waals surface area contributed by atoms with Crippen molar-refractivity contribution < 1.29 is 19.2 Å². The molecule has 3 rings (SSSR count). The molecule has 0 radical (unpaired) electrons. The number of nitro benzene ring substituents is 1. The number of carbonyl (C=O) groups is 2. The summed E-state index contributed by atoms with van der Waals surface area (Å²) in [6.07, 6.45) is 1.66. The van der Waals surface area contributed by atoms with Gasteiger partial charge in [0.05, 0.1) is 17.9 Å². The zero-order valence-electron chi connectivity index (χ0n) is 14.3. The molecule has 1 aliphatic rings. The molecule has 0 N–H and O–H groups in total. The Morgan fingerprint density at radius 3 is 2.68 bits per heavy atom. The second-order valence-electron chi connectivity index (χ2n) is 5.77. The van der Waals surface area contributed by atoms with Gasteiger partial charge in [-0.15, -0.1) is 0 Å². The van der Waals surface area contributed by atoms with Crippen LogP contribution in [0.15, 0.2) is 45.8 Å². The first-order valence-corrected chi connectivity index (χ1v) is 10.5. The summed E-state index contributed by atoms with van der Waals surface area (Å²) in [5, 5.41) is 10.6. The van der Waals surface area contributed by atoms with E-state index in [-0.39, 0.29) is 23.4 Å². The Morgan fingerprint density at radius 1 is 1.32 bits per heavy atom. The summed E-state index contributed by atoms with van der Waals surface area (Å²) in [6.45, 7) is 0.171. The van der Waals surface area contributed by atoms with Crippen molar-refractivity contribution in [3.8, 4) is 5.75 Å². The van der Waals surface area contributed by atoms with Gasteiger partial charge in [0.15, 0.2) is 0 Å². The molecule has 2 amide bonds. The molecule has 10 heteroatoms. The van der Waals surface area contributed by atoms with Crippen LogP contribution in [-0.2, 0) is 11.4 Å². The summed E-state index contributed by atoms with van der Waals surface area (Å²) in [4.78, 5) is 35.5. The lowest BCUT2D eigenvalue weighted by molar-refractivity contribution is -0.384. The maximum atomic E-state index is 12.0. The third-order valence-corrected chi connectivity index (χ3v) is 6.16. The van der Waals surface area contributed by atoms with Crippen LogP contribution in [0.1, 0.15) is 11.1 Å². The van der Waals surface area contributed by atoms with E-state index in [0.717, 1.165) is 25.8 Å². The van der Waals surface area contributed by atoms with E-state index in [0.29, 0.717) is 20.7 Å². The van der Waals surface area contributed by atoms with Crippen LogP contribution >= 0.6 is 50.3 Å². The van der Waals surface area contributed by atoms with Gasteiger partial charge in [-0.2, -0.15) is 0 Å². The lowest BCUT2D eigenvalue weighted by atomic mass is 10.2. The zero-order chi connectivity index (χ0) is 20.4. The van der Waals surface area contributed by atoms with Crippen molar-refractivity contribution >= 4 is 73.2 Å². The summed E-state index contributed by atoms with van der Waals surface area (Å²) < 4.78 is 7.30. The Hall–Kier alpha value is -1.92. The number of ether oxygens (including phenoxy) is 1. The maximum absolute atomic E-state index is 12.0. The molecule has 0 saturated carbocycles. The monoisotopic (exact) mass is 574 g/mol. The number of hydrogen-bond acceptors (Lipinski definition) is 6. The first-order valence-electron chi connectivity index (χ1n) is 7.83. The number of benzene rings is 2. The number of non-ortho nitro benzene ring substituents is 1. The molecule has 7 nitrogen and oxygen atoms in total. The number of likely N-dealkylation sites (N-methyl/N-ethyl adjacent to an activating group) is 1. The fourth-order valence-electron chi connectivity index (χ4n) is 2.41. The van der Waals surface area contributed by atoms with Gasteiger partial charge >= 0.3 is 0 Å². The van der Waals surface area contributed by atoms with Gasteiger partial charge in [0.25, 0.3) is 16.8 Å². The highest BCUT2D eigenvalue weighted by Gasteiger charge is 2.31. The van der Waals surface area contributed by atoms with Crippen LogP contribution in [0.2, 0.25) is 0 Å². The highest BCUT2D eigenvalue weighted by Crippen LogP contribution is 2.36. The molecule has 144 valence electrons. The second-order valence-corrected chi connectivity index (χ2v) is 8.78. The summed E-state index contributed by atoms with van der Waals surface area (Å²) in [6, 6.07) is 9.88. The summed E-state index contributed by atoms with van der Waals surface area (Å²) in [5.74, 6) is 0.264. The highest BCUT2D eigenvalue weighted by molar-refractivity contribution is 14.1. The first-order chi connectivity index (χ1) is 13.3. The van der Waals surface area contributed by atoms with Crippen LogP contribution in [-0.4, -0.2) is 28.0 Å². The van der Waals surface area contributed by atoms with Crippen LogP contribution < -0.4 is 4.74 Å². The van der Waals surface area contributed by atoms with Gasteiger partial charge in [-0.1, -0.05) is 12.1 Å². The molecule has 2 aromatic rings. The molecule has 0 spiro atoms. The van der Waals surface area contributed by atoms with Crippen LogP contribution in [0, 0.1) is 13.7 Å². The van der Waals surface area contributed by atoms with Crippen molar-refractivity contribution in [1.82, 2.24) is 4.90 Å². The molecule has 0 bridgehead atoms. The van der Waals surface area contributed by atoms with Crippen LogP contribution in [0.4, 0.5) is 10.5 Å². The third kappa shape index (κ3) is 4.55. The predicted molar refractivity (Wildman–Crippen MR) is 118 cm³/mol. The minimum atomic E-state index is -0.448. The van der Waals surface area contributed by atoms with Crippen molar-refractivity contribution in [2.75, 3.05) is 7.05 Å². The van der Waals surface area contributed by atoms with Crippen LogP contribution in [0.25, 0.3) is 6.08 Å². The number of halogens is 2. The van der Waals surface area contributed by atoms with E-state index in [1.54, 1.807) is 24.3 Å². The van der Waals surface area contributed by atoms with Gasteiger partial charge in [-0.25, -0.2) is 0 Å². The minimum Gasteiger partial charge on any atom is -0.487 e. The Bertz CT molecular complexity index is 1000. The summed E-state index contributed by atoms with van der Waals surface area (Å²) in [5.41, 5.74) is 1.44. The van der Waals surface area contributed by atoms with Gasteiger partial charge in [-0.05, 0) is 79.6 Å². The standard InChI is InChI=1S/C18H12BrIN2O5S/c1-21-17(23)15(28-18(21)24)8-11-6-13(19)16(14(20)7-11)27-9-10-3-2-4-12(5-10)22(25)26/h2-8H,9H2,1H3/b15-8-. The van der Waals surface area contributed by atoms with E-state index < -0.39 is 4.92 Å². The molecular formula is C18H12BrIN2O5S. The Balaban J connectivity index is 1.79. The second kappa shape index (κ2) is 8.62. The fourth-order valence-corrected chi connectivity index (χ4v) is 5.01. The summed E-state index contributed by atoms with van der Waals surface area (Å²) >= 11 is 6.47. The quantitative estimate of drug-likeness (QED) is 0.211. The van der Waals surface area contributed by atoms with Crippen molar-refractivity contribution in [1.29, 1.82) is 0 Å². The maximum Gasteiger partial charge on any atom is 0.293 e.